The van der Waals surface area contributed by atoms with Gasteiger partial charge in [-0.3, -0.25) is 4.79 Å². The summed E-state index contributed by atoms with van der Waals surface area (Å²) in [6, 6.07) is 11.9. The van der Waals surface area contributed by atoms with E-state index in [1.165, 1.54) is 18.5 Å². The minimum Gasteiger partial charge on any atom is -0.467 e. The largest absolute Gasteiger partial charge is 0.467 e. The van der Waals surface area contributed by atoms with E-state index in [0.29, 0.717) is 17.0 Å². The van der Waals surface area contributed by atoms with Crippen LogP contribution in [-0.2, 0) is 11.3 Å². The van der Waals surface area contributed by atoms with Crippen LogP contribution in [0.2, 0.25) is 0 Å². The molecule has 0 spiro atoms. The van der Waals surface area contributed by atoms with Crippen molar-refractivity contribution in [3.05, 3.63) is 71.9 Å². The van der Waals surface area contributed by atoms with Crippen LogP contribution in [0.4, 0.5) is 11.6 Å². The Kier molecular flexibility index (Phi) is 5.78. The van der Waals surface area contributed by atoms with Crippen LogP contribution in [0.25, 0.3) is 0 Å². The number of para-hydroxylation sites is 1. The van der Waals surface area contributed by atoms with Crippen LogP contribution < -0.4 is 10.6 Å². The van der Waals surface area contributed by atoms with Gasteiger partial charge >= 0.3 is 5.97 Å². The molecule has 0 aliphatic rings. The highest BCUT2D eigenvalue weighted by Gasteiger charge is 2.14. The lowest BCUT2D eigenvalue weighted by molar-refractivity contribution is 0.0527. The molecule has 0 saturated carbocycles. The number of aromatic nitrogens is 2. The minimum atomic E-state index is -0.451. The summed E-state index contributed by atoms with van der Waals surface area (Å²) in [5.41, 5.74) is 1.03. The van der Waals surface area contributed by atoms with E-state index in [2.05, 4.69) is 20.6 Å². The third-order valence-electron chi connectivity index (χ3n) is 3.56. The monoisotopic (exact) mass is 366 g/mol. The smallest absolute Gasteiger partial charge is 0.340 e. The number of rotatable bonds is 7. The maximum Gasteiger partial charge on any atom is 0.340 e. The number of amides is 1. The quantitative estimate of drug-likeness (QED) is 0.619. The summed E-state index contributed by atoms with van der Waals surface area (Å²) in [5.74, 6) is 0.0139. The highest BCUT2D eigenvalue weighted by molar-refractivity contribution is 5.96. The molecular weight excluding hydrogens is 348 g/mol. The van der Waals surface area contributed by atoms with E-state index in [4.69, 9.17) is 9.15 Å². The molecule has 2 N–H and O–H groups in total. The molecule has 0 aliphatic carbocycles. The van der Waals surface area contributed by atoms with Gasteiger partial charge < -0.3 is 19.8 Å². The fourth-order valence-corrected chi connectivity index (χ4v) is 2.32. The second-order valence-corrected chi connectivity index (χ2v) is 5.42. The highest BCUT2D eigenvalue weighted by Crippen LogP contribution is 2.19. The number of nitrogens with zero attached hydrogens (tertiary/aromatic N) is 2. The number of carbonyl (C=O) groups excluding carboxylic acids is 2. The lowest BCUT2D eigenvalue weighted by Gasteiger charge is -2.10. The average Bonchev–Trinajstić information content (AvgIpc) is 3.20. The van der Waals surface area contributed by atoms with Crippen LogP contribution in [0, 0.1) is 0 Å². The summed E-state index contributed by atoms with van der Waals surface area (Å²) >= 11 is 0. The molecule has 0 saturated heterocycles. The van der Waals surface area contributed by atoms with Gasteiger partial charge in [0.1, 0.15) is 11.5 Å². The fourth-order valence-electron chi connectivity index (χ4n) is 2.32. The first-order valence-corrected chi connectivity index (χ1v) is 8.34. The topological polar surface area (TPSA) is 106 Å². The lowest BCUT2D eigenvalue weighted by atomic mass is 10.2. The molecule has 2 aromatic heterocycles. The second kappa shape index (κ2) is 8.61. The zero-order chi connectivity index (χ0) is 19.1. The van der Waals surface area contributed by atoms with Gasteiger partial charge in [-0.05, 0) is 37.3 Å². The normalized spacial score (nSPS) is 10.3. The van der Waals surface area contributed by atoms with Crippen LogP contribution in [0.15, 0.2) is 59.3 Å². The summed E-state index contributed by atoms with van der Waals surface area (Å²) in [7, 11) is 0. The van der Waals surface area contributed by atoms with Gasteiger partial charge in [0, 0.05) is 6.20 Å². The number of ether oxygens (including phenoxy) is 1. The average molecular weight is 366 g/mol. The predicted molar refractivity (Wildman–Crippen MR) is 97.6 cm³/mol. The molecule has 1 aromatic carbocycles. The summed E-state index contributed by atoms with van der Waals surface area (Å²) in [6.45, 7) is 2.27. The van der Waals surface area contributed by atoms with Crippen LogP contribution >= 0.6 is 0 Å². The molecule has 0 unspecified atom stereocenters. The number of anilines is 2. The molecule has 0 atom stereocenters. The molecule has 0 radical (unpaired) electrons. The Hall–Kier alpha value is -3.68. The predicted octanol–water partition coefficient (Wildman–Crippen LogP) is 2.92. The zero-order valence-corrected chi connectivity index (χ0v) is 14.6. The van der Waals surface area contributed by atoms with E-state index >= 15 is 0 Å². The molecule has 0 aliphatic heterocycles. The van der Waals surface area contributed by atoms with Crippen LogP contribution in [0.5, 0.6) is 0 Å². The molecule has 1 amide bonds. The van der Waals surface area contributed by atoms with E-state index in [9.17, 15) is 9.59 Å². The molecule has 27 heavy (non-hydrogen) atoms. The second-order valence-electron chi connectivity index (χ2n) is 5.42. The Balaban J connectivity index is 1.73. The van der Waals surface area contributed by atoms with Gasteiger partial charge in [0.15, 0.2) is 0 Å². The van der Waals surface area contributed by atoms with Crippen molar-refractivity contribution in [3.8, 4) is 0 Å². The van der Waals surface area contributed by atoms with E-state index in [-0.39, 0.29) is 30.7 Å². The molecule has 0 fully saturated rings. The van der Waals surface area contributed by atoms with Gasteiger partial charge in [0.05, 0.1) is 30.7 Å². The Bertz CT molecular complexity index is 925. The highest BCUT2D eigenvalue weighted by atomic mass is 16.5. The van der Waals surface area contributed by atoms with E-state index < -0.39 is 5.97 Å². The van der Waals surface area contributed by atoms with Gasteiger partial charge in [-0.25, -0.2) is 14.8 Å². The molecule has 3 aromatic rings. The number of hydrogen-bond donors (Lipinski definition) is 2. The van der Waals surface area contributed by atoms with Gasteiger partial charge in [0.2, 0.25) is 5.95 Å². The molecular formula is C19H18N4O4. The third-order valence-corrected chi connectivity index (χ3v) is 3.56. The zero-order valence-electron chi connectivity index (χ0n) is 14.6. The van der Waals surface area contributed by atoms with Crippen molar-refractivity contribution in [2.45, 2.75) is 13.5 Å². The third kappa shape index (κ3) is 4.69. The van der Waals surface area contributed by atoms with E-state index in [1.807, 2.05) is 0 Å². The van der Waals surface area contributed by atoms with Gasteiger partial charge in [-0.2, -0.15) is 0 Å². The van der Waals surface area contributed by atoms with Crippen LogP contribution in [0.1, 0.15) is 33.5 Å². The summed E-state index contributed by atoms with van der Waals surface area (Å²) in [4.78, 5) is 32.6. The number of nitrogens with one attached hydrogen (secondary N) is 2. The Morgan fingerprint density at radius 3 is 2.78 bits per heavy atom. The Morgan fingerprint density at radius 2 is 2.00 bits per heavy atom. The van der Waals surface area contributed by atoms with Gasteiger partial charge in [0.25, 0.3) is 5.91 Å². The maximum absolute atomic E-state index is 12.3. The lowest BCUT2D eigenvalue weighted by Crippen LogP contribution is -2.24. The Labute approximate surface area is 155 Å². The molecule has 8 heteroatoms. The van der Waals surface area contributed by atoms with Crippen molar-refractivity contribution in [1.29, 1.82) is 0 Å². The summed E-state index contributed by atoms with van der Waals surface area (Å²) < 4.78 is 10.2. The maximum atomic E-state index is 12.3. The van der Waals surface area contributed by atoms with Crippen molar-refractivity contribution in [2.75, 3.05) is 11.9 Å². The number of esters is 1. The Morgan fingerprint density at radius 1 is 1.15 bits per heavy atom. The van der Waals surface area contributed by atoms with Crippen molar-refractivity contribution < 1.29 is 18.7 Å². The first-order valence-electron chi connectivity index (χ1n) is 8.34. The van der Waals surface area contributed by atoms with E-state index in [0.717, 1.165) is 0 Å². The van der Waals surface area contributed by atoms with Crippen molar-refractivity contribution in [1.82, 2.24) is 15.3 Å². The molecule has 138 valence electrons. The number of benzene rings is 1. The van der Waals surface area contributed by atoms with E-state index in [1.54, 1.807) is 43.3 Å². The number of carbonyl (C=O) groups is 2. The molecule has 2 heterocycles. The minimum absolute atomic E-state index is 0.188. The molecule has 8 nitrogen and oxygen atoms in total. The standard InChI is InChI=1S/C19H18N4O4/c1-2-26-18(25)14-7-3-4-8-15(14)22-19-20-10-9-16(23-19)17(24)21-12-13-6-5-11-27-13/h3-11H,2,12H2,1H3,(H,21,24)(H,20,22,23). The fraction of sp³-hybridized carbons (Fsp3) is 0.158. The first-order chi connectivity index (χ1) is 13.2. The van der Waals surface area contributed by atoms with Crippen LogP contribution in [0.3, 0.4) is 0 Å². The molecule has 3 rings (SSSR count). The van der Waals surface area contributed by atoms with Crippen molar-refractivity contribution in [3.63, 3.8) is 0 Å². The SMILES string of the molecule is CCOC(=O)c1ccccc1Nc1nccc(C(=O)NCc2ccco2)n1. The van der Waals surface area contributed by atoms with Crippen LogP contribution in [-0.4, -0.2) is 28.5 Å². The summed E-state index contributed by atoms with van der Waals surface area (Å²) in [6.07, 6.45) is 3.00. The van der Waals surface area contributed by atoms with Gasteiger partial charge in [-0.15, -0.1) is 0 Å². The molecule has 0 bridgehead atoms. The number of furan rings is 1. The summed E-state index contributed by atoms with van der Waals surface area (Å²) in [5, 5.41) is 5.67. The first kappa shape index (κ1) is 18.1. The number of hydrogen-bond acceptors (Lipinski definition) is 7. The van der Waals surface area contributed by atoms with Gasteiger partial charge in [-0.1, -0.05) is 12.1 Å². The van der Waals surface area contributed by atoms with Crippen molar-refractivity contribution in [2.24, 2.45) is 0 Å². The van der Waals surface area contributed by atoms with Crippen molar-refractivity contribution >= 4 is 23.5 Å².